The van der Waals surface area contributed by atoms with Gasteiger partial charge in [-0.3, -0.25) is 4.79 Å². The molecule has 0 radical (unpaired) electrons. The van der Waals surface area contributed by atoms with E-state index < -0.39 is 0 Å². The first-order valence-corrected chi connectivity index (χ1v) is 6.68. The van der Waals surface area contributed by atoms with Crippen molar-refractivity contribution in [2.24, 2.45) is 0 Å². The maximum Gasteiger partial charge on any atom is 0.219 e. The molecule has 0 aliphatic heterocycles. The van der Waals surface area contributed by atoms with Crippen LogP contribution < -0.4 is 5.32 Å². The van der Waals surface area contributed by atoms with Gasteiger partial charge in [-0.15, -0.1) is 0 Å². The Balaban J connectivity index is 2.08. The van der Waals surface area contributed by atoms with E-state index >= 15 is 0 Å². The van der Waals surface area contributed by atoms with E-state index in [2.05, 4.69) is 5.32 Å². The Kier molecular flexibility index (Phi) is 4.58. The number of nitrogens with one attached hydrogen (secondary N) is 1. The molecule has 0 aromatic heterocycles. The molecule has 1 N–H and O–H groups in total. The Morgan fingerprint density at radius 3 is 2.47 bits per heavy atom. The molecule has 0 fully saturated rings. The lowest BCUT2D eigenvalue weighted by Gasteiger charge is -2.06. The molecule has 0 unspecified atom stereocenters. The highest BCUT2D eigenvalue weighted by atomic mass is 35.5. The zero-order chi connectivity index (χ0) is 13.7. The van der Waals surface area contributed by atoms with E-state index in [9.17, 15) is 4.79 Å². The highest BCUT2D eigenvalue weighted by molar-refractivity contribution is 6.30. The van der Waals surface area contributed by atoms with Crippen LogP contribution in [0.4, 0.5) is 0 Å². The second-order valence-corrected chi connectivity index (χ2v) is 4.77. The molecule has 2 aromatic rings. The third-order valence-corrected chi connectivity index (χ3v) is 3.16. The molecule has 2 aromatic carbocycles. The Morgan fingerprint density at radius 1 is 1.11 bits per heavy atom. The van der Waals surface area contributed by atoms with Crippen LogP contribution in [-0.2, 0) is 11.3 Å². The summed E-state index contributed by atoms with van der Waals surface area (Å²) in [6.07, 6.45) is 0.514. The lowest BCUT2D eigenvalue weighted by molar-refractivity contribution is -0.120. The van der Waals surface area contributed by atoms with Crippen molar-refractivity contribution in [3.05, 3.63) is 59.1 Å². The minimum absolute atomic E-state index is 0.0684. The molecular weight excluding hydrogens is 258 g/mol. The van der Waals surface area contributed by atoms with E-state index in [0.29, 0.717) is 13.0 Å². The van der Waals surface area contributed by atoms with Gasteiger partial charge in [-0.2, -0.15) is 0 Å². The van der Waals surface area contributed by atoms with Crippen molar-refractivity contribution in [1.29, 1.82) is 0 Å². The number of rotatable bonds is 4. The topological polar surface area (TPSA) is 29.1 Å². The van der Waals surface area contributed by atoms with Crippen molar-refractivity contribution >= 4 is 17.5 Å². The highest BCUT2D eigenvalue weighted by Crippen LogP contribution is 2.22. The molecule has 0 heterocycles. The number of carbonyl (C=O) groups is 1. The number of halogens is 1. The van der Waals surface area contributed by atoms with Crippen LogP contribution in [0.1, 0.15) is 18.9 Å². The fourth-order valence-corrected chi connectivity index (χ4v) is 2.00. The van der Waals surface area contributed by atoms with Crippen molar-refractivity contribution in [2.75, 3.05) is 0 Å². The van der Waals surface area contributed by atoms with E-state index in [1.165, 1.54) is 0 Å². The van der Waals surface area contributed by atoms with Crippen LogP contribution in [0.3, 0.4) is 0 Å². The summed E-state index contributed by atoms with van der Waals surface area (Å²) < 4.78 is 0. The molecule has 0 aliphatic carbocycles. The predicted octanol–water partition coefficient (Wildman–Crippen LogP) is 4.03. The molecule has 0 bridgehead atoms. The van der Waals surface area contributed by atoms with Crippen LogP contribution in [-0.4, -0.2) is 5.91 Å². The van der Waals surface area contributed by atoms with E-state index in [0.717, 1.165) is 21.7 Å². The normalized spacial score (nSPS) is 10.2. The second kappa shape index (κ2) is 6.39. The molecule has 0 saturated heterocycles. The van der Waals surface area contributed by atoms with Crippen molar-refractivity contribution in [3.63, 3.8) is 0 Å². The molecule has 0 aliphatic rings. The van der Waals surface area contributed by atoms with Gasteiger partial charge in [0, 0.05) is 18.0 Å². The molecule has 19 heavy (non-hydrogen) atoms. The lowest BCUT2D eigenvalue weighted by atomic mass is 10.0. The first-order chi connectivity index (χ1) is 9.19. The van der Waals surface area contributed by atoms with Gasteiger partial charge >= 0.3 is 0 Å². The summed E-state index contributed by atoms with van der Waals surface area (Å²) in [5, 5.41) is 3.59. The van der Waals surface area contributed by atoms with Gasteiger partial charge in [0.25, 0.3) is 0 Å². The molecule has 0 atom stereocenters. The Morgan fingerprint density at radius 2 is 1.84 bits per heavy atom. The van der Waals surface area contributed by atoms with Crippen LogP contribution in [0.25, 0.3) is 11.1 Å². The molecule has 2 nitrogen and oxygen atoms in total. The maximum absolute atomic E-state index is 11.2. The van der Waals surface area contributed by atoms with E-state index in [1.54, 1.807) is 0 Å². The minimum Gasteiger partial charge on any atom is -0.352 e. The monoisotopic (exact) mass is 273 g/mol. The summed E-state index contributed by atoms with van der Waals surface area (Å²) in [6, 6.07) is 15.9. The van der Waals surface area contributed by atoms with Crippen LogP contribution >= 0.6 is 11.6 Å². The summed E-state index contributed by atoms with van der Waals surface area (Å²) in [5.74, 6) is 0.0684. The summed E-state index contributed by atoms with van der Waals surface area (Å²) in [7, 11) is 0. The number of hydrogen-bond donors (Lipinski definition) is 1. The predicted molar refractivity (Wildman–Crippen MR) is 79.0 cm³/mol. The average molecular weight is 274 g/mol. The van der Waals surface area contributed by atoms with Crippen LogP contribution in [0, 0.1) is 0 Å². The molecule has 98 valence electrons. The maximum atomic E-state index is 11.2. The first-order valence-electron chi connectivity index (χ1n) is 6.30. The summed E-state index contributed by atoms with van der Waals surface area (Å²) in [6.45, 7) is 2.42. The first kappa shape index (κ1) is 13.6. The Bertz CT molecular complexity index is 563. The van der Waals surface area contributed by atoms with Gasteiger partial charge in [0.1, 0.15) is 0 Å². The minimum atomic E-state index is 0.0684. The van der Waals surface area contributed by atoms with Crippen molar-refractivity contribution in [2.45, 2.75) is 19.9 Å². The second-order valence-electron chi connectivity index (χ2n) is 4.34. The average Bonchev–Trinajstić information content (AvgIpc) is 2.45. The van der Waals surface area contributed by atoms with Crippen LogP contribution in [0.15, 0.2) is 48.5 Å². The van der Waals surface area contributed by atoms with E-state index in [4.69, 9.17) is 11.6 Å². The SMILES string of the molecule is CCC(=O)NCc1ccc(-c2cccc(Cl)c2)cc1. The quantitative estimate of drug-likeness (QED) is 0.895. The Hall–Kier alpha value is -1.80. The fraction of sp³-hybridized carbons (Fsp3) is 0.188. The largest absolute Gasteiger partial charge is 0.352 e. The van der Waals surface area contributed by atoms with Gasteiger partial charge < -0.3 is 5.32 Å². The van der Waals surface area contributed by atoms with Gasteiger partial charge in [-0.05, 0) is 28.8 Å². The molecule has 1 amide bonds. The number of benzene rings is 2. The highest BCUT2D eigenvalue weighted by Gasteiger charge is 2.00. The molecular formula is C16H16ClNO. The summed E-state index contributed by atoms with van der Waals surface area (Å²) in [4.78, 5) is 11.2. The summed E-state index contributed by atoms with van der Waals surface area (Å²) >= 11 is 5.98. The van der Waals surface area contributed by atoms with E-state index in [1.807, 2.05) is 55.5 Å². The molecule has 0 spiro atoms. The van der Waals surface area contributed by atoms with Gasteiger partial charge in [0.05, 0.1) is 0 Å². The van der Waals surface area contributed by atoms with Crippen LogP contribution in [0.2, 0.25) is 5.02 Å². The Labute approximate surface area is 118 Å². The third kappa shape index (κ3) is 3.83. The van der Waals surface area contributed by atoms with Gasteiger partial charge in [0.2, 0.25) is 5.91 Å². The zero-order valence-electron chi connectivity index (χ0n) is 10.8. The molecule has 2 rings (SSSR count). The van der Waals surface area contributed by atoms with Gasteiger partial charge in [-0.1, -0.05) is 54.9 Å². The van der Waals surface area contributed by atoms with Crippen molar-refractivity contribution < 1.29 is 4.79 Å². The van der Waals surface area contributed by atoms with Crippen molar-refractivity contribution in [1.82, 2.24) is 5.32 Å². The zero-order valence-corrected chi connectivity index (χ0v) is 11.6. The third-order valence-electron chi connectivity index (χ3n) is 2.92. The van der Waals surface area contributed by atoms with Gasteiger partial charge in [-0.25, -0.2) is 0 Å². The van der Waals surface area contributed by atoms with Crippen LogP contribution in [0.5, 0.6) is 0 Å². The molecule has 3 heteroatoms. The molecule has 0 saturated carbocycles. The lowest BCUT2D eigenvalue weighted by Crippen LogP contribution is -2.21. The standard InChI is InChI=1S/C16H16ClNO/c1-2-16(19)18-11-12-6-8-13(9-7-12)14-4-3-5-15(17)10-14/h3-10H,2,11H2,1H3,(H,18,19). The van der Waals surface area contributed by atoms with Gasteiger partial charge in [0.15, 0.2) is 0 Å². The number of carbonyl (C=O) groups excluding carboxylic acids is 1. The van der Waals surface area contributed by atoms with E-state index in [-0.39, 0.29) is 5.91 Å². The smallest absolute Gasteiger partial charge is 0.219 e. The summed E-state index contributed by atoms with van der Waals surface area (Å²) in [5.41, 5.74) is 3.30. The fourth-order valence-electron chi connectivity index (χ4n) is 1.81. The number of hydrogen-bond acceptors (Lipinski definition) is 1. The van der Waals surface area contributed by atoms with Crippen molar-refractivity contribution in [3.8, 4) is 11.1 Å². The number of amides is 1.